The molecular weight excluding hydrogens is 550 g/mol. The monoisotopic (exact) mass is 565 g/mol. The number of hydrogen-bond acceptors (Lipinski definition) is 4. The van der Waals surface area contributed by atoms with Crippen molar-refractivity contribution in [2.45, 2.75) is 35.1 Å². The van der Waals surface area contributed by atoms with Crippen LogP contribution in [0.1, 0.15) is 29.5 Å². The number of halogens is 8. The molecule has 170 valence electrons. The molecule has 1 atom stereocenters. The van der Waals surface area contributed by atoms with Crippen molar-refractivity contribution in [1.29, 1.82) is 0 Å². The highest BCUT2D eigenvalue weighted by Crippen LogP contribution is 2.54. The quantitative estimate of drug-likeness (QED) is 0.224. The Bertz CT molecular complexity index is 1060. The summed E-state index contributed by atoms with van der Waals surface area (Å²) in [5.41, 5.74) is -2.09. The minimum atomic E-state index is -4.82. The molecule has 5 nitrogen and oxygen atoms in total. The van der Waals surface area contributed by atoms with E-state index in [0.29, 0.717) is 12.3 Å². The Hall–Kier alpha value is -2.06. The van der Waals surface area contributed by atoms with Gasteiger partial charge in [0.2, 0.25) is 5.88 Å². The fourth-order valence-electron chi connectivity index (χ4n) is 3.29. The highest BCUT2D eigenvalue weighted by Gasteiger charge is 2.49. The summed E-state index contributed by atoms with van der Waals surface area (Å²) in [7, 11) is 2.33. The van der Waals surface area contributed by atoms with E-state index in [1.54, 1.807) is 22.6 Å². The van der Waals surface area contributed by atoms with Crippen LogP contribution in [0.15, 0.2) is 29.5 Å². The van der Waals surface area contributed by atoms with Gasteiger partial charge < -0.3 is 14.0 Å². The van der Waals surface area contributed by atoms with Gasteiger partial charge in [-0.2, -0.15) is 22.0 Å². The maximum atomic E-state index is 14.6. The highest BCUT2D eigenvalue weighted by molar-refractivity contribution is 14.1. The highest BCUT2D eigenvalue weighted by atomic mass is 127. The molecule has 0 radical (unpaired) electrons. The Morgan fingerprint density at radius 3 is 2.52 bits per heavy atom. The SMILES string of the molecule is COc1nccc2c1C(F)(F)CC[C@]2(I)N=c1c(OC(F)F)cc(C(F)(F)F)cn1C. The van der Waals surface area contributed by atoms with Crippen LogP contribution in [-0.2, 0) is 22.7 Å². The molecule has 13 heteroatoms. The number of ether oxygens (including phenoxy) is 2. The largest absolute Gasteiger partial charge is 0.481 e. The summed E-state index contributed by atoms with van der Waals surface area (Å²) in [6.45, 7) is -3.42. The molecular formula is C18H15F7IN3O2. The Labute approximate surface area is 185 Å². The van der Waals surface area contributed by atoms with E-state index in [2.05, 4.69) is 14.7 Å². The molecule has 0 aliphatic heterocycles. The van der Waals surface area contributed by atoms with Crippen LogP contribution < -0.4 is 15.0 Å². The summed E-state index contributed by atoms with van der Waals surface area (Å²) < 4.78 is 103. The van der Waals surface area contributed by atoms with Crippen LogP contribution >= 0.6 is 22.6 Å². The van der Waals surface area contributed by atoms with Gasteiger partial charge in [0.15, 0.2) is 11.2 Å². The second-order valence-corrected chi connectivity index (χ2v) is 8.51. The summed E-state index contributed by atoms with van der Waals surface area (Å²) >= 11 is 1.76. The van der Waals surface area contributed by atoms with E-state index in [1.807, 2.05) is 0 Å². The molecule has 0 saturated carbocycles. The smallest absolute Gasteiger partial charge is 0.417 e. The predicted octanol–water partition coefficient (Wildman–Crippen LogP) is 5.12. The molecule has 0 aromatic carbocycles. The van der Waals surface area contributed by atoms with Gasteiger partial charge in [0.05, 0.1) is 18.2 Å². The van der Waals surface area contributed by atoms with Gasteiger partial charge in [0, 0.05) is 31.4 Å². The third-order valence-corrected chi connectivity index (χ3v) is 6.02. The van der Waals surface area contributed by atoms with E-state index < -0.39 is 45.6 Å². The van der Waals surface area contributed by atoms with E-state index in [0.717, 1.165) is 11.6 Å². The lowest BCUT2D eigenvalue weighted by Gasteiger charge is -2.35. The van der Waals surface area contributed by atoms with Crippen LogP contribution in [-0.4, -0.2) is 23.3 Å². The van der Waals surface area contributed by atoms with Gasteiger partial charge >= 0.3 is 12.8 Å². The molecule has 2 aromatic heterocycles. The first-order valence-electron chi connectivity index (χ1n) is 8.68. The van der Waals surface area contributed by atoms with Crippen LogP contribution in [0.2, 0.25) is 0 Å². The molecule has 1 aliphatic carbocycles. The van der Waals surface area contributed by atoms with E-state index in [1.165, 1.54) is 19.4 Å². The average molecular weight is 565 g/mol. The number of methoxy groups -OCH3 is 1. The number of nitrogens with zero attached hydrogens (tertiary/aromatic N) is 3. The molecule has 1 aliphatic rings. The maximum absolute atomic E-state index is 14.6. The summed E-state index contributed by atoms with van der Waals surface area (Å²) in [6.07, 6.45) is -3.83. The van der Waals surface area contributed by atoms with Crippen molar-refractivity contribution in [3.63, 3.8) is 0 Å². The molecule has 2 aromatic rings. The Balaban J connectivity index is 2.29. The number of hydrogen-bond donors (Lipinski definition) is 0. The summed E-state index contributed by atoms with van der Waals surface area (Å²) in [4.78, 5) is 8.11. The number of aromatic nitrogens is 2. The second-order valence-electron chi connectivity index (χ2n) is 6.72. The molecule has 0 bridgehead atoms. The van der Waals surface area contributed by atoms with Crippen molar-refractivity contribution < 1.29 is 40.2 Å². The summed E-state index contributed by atoms with van der Waals surface area (Å²) in [6, 6.07) is 1.69. The van der Waals surface area contributed by atoms with Crippen LogP contribution in [0.3, 0.4) is 0 Å². The van der Waals surface area contributed by atoms with Crippen LogP contribution in [0.5, 0.6) is 11.6 Å². The topological polar surface area (TPSA) is 48.6 Å². The van der Waals surface area contributed by atoms with Gasteiger partial charge in [-0.15, -0.1) is 0 Å². The molecule has 31 heavy (non-hydrogen) atoms. The van der Waals surface area contributed by atoms with E-state index in [4.69, 9.17) is 4.74 Å². The normalized spacial score (nSPS) is 21.2. The van der Waals surface area contributed by atoms with Crippen molar-refractivity contribution in [3.05, 3.63) is 46.7 Å². The van der Waals surface area contributed by atoms with E-state index >= 15 is 0 Å². The minimum absolute atomic E-state index is 0.0131. The third kappa shape index (κ3) is 4.60. The fourth-order valence-corrected chi connectivity index (χ4v) is 4.24. The average Bonchev–Trinajstić information content (AvgIpc) is 2.66. The van der Waals surface area contributed by atoms with Gasteiger partial charge in [-0.1, -0.05) is 0 Å². The standard InChI is InChI=1S/C18H15F7IN3O2/c1-29-8-9(18(23,24)25)7-11(31-15(19)20)13(29)28-17(26)5-4-16(21,22)12-10(17)3-6-27-14(12)30-2/h3,6-8,15H,4-5H2,1-2H3/t17-/m0/s1. The summed E-state index contributed by atoms with van der Waals surface area (Å²) in [5.74, 6) is -4.44. The van der Waals surface area contributed by atoms with E-state index in [-0.39, 0.29) is 23.4 Å². The molecule has 0 unspecified atom stereocenters. The zero-order valence-electron chi connectivity index (χ0n) is 16.0. The van der Waals surface area contributed by atoms with Gasteiger partial charge in [-0.05, 0) is 41.1 Å². The number of aryl methyl sites for hydroxylation is 1. The van der Waals surface area contributed by atoms with E-state index in [9.17, 15) is 30.7 Å². The fraction of sp³-hybridized carbons (Fsp3) is 0.444. The van der Waals surface area contributed by atoms with Crippen molar-refractivity contribution >= 4 is 22.6 Å². The van der Waals surface area contributed by atoms with Crippen molar-refractivity contribution in [3.8, 4) is 11.6 Å². The molecule has 3 rings (SSSR count). The number of pyridine rings is 2. The third-order valence-electron chi connectivity index (χ3n) is 4.66. The molecule has 2 heterocycles. The Morgan fingerprint density at radius 2 is 1.94 bits per heavy atom. The number of alkyl halides is 8. The summed E-state index contributed by atoms with van der Waals surface area (Å²) in [5, 5.41) is 0. The Kier molecular flexibility index (Phi) is 6.19. The lowest BCUT2D eigenvalue weighted by atomic mass is 9.86. The van der Waals surface area contributed by atoms with Crippen LogP contribution in [0, 0.1) is 0 Å². The van der Waals surface area contributed by atoms with Crippen LogP contribution in [0.4, 0.5) is 30.7 Å². The number of fused-ring (bicyclic) bond motifs is 1. The predicted molar refractivity (Wildman–Crippen MR) is 102 cm³/mol. The maximum Gasteiger partial charge on any atom is 0.417 e. The molecule has 0 spiro atoms. The lowest BCUT2D eigenvalue weighted by molar-refractivity contribution is -0.138. The van der Waals surface area contributed by atoms with Gasteiger partial charge in [0.1, 0.15) is 3.55 Å². The van der Waals surface area contributed by atoms with Gasteiger partial charge in [-0.25, -0.2) is 18.8 Å². The zero-order chi connectivity index (χ0) is 23.2. The first-order valence-corrected chi connectivity index (χ1v) is 9.75. The first-order chi connectivity index (χ1) is 14.3. The molecule has 0 N–H and O–H groups in total. The molecule has 0 saturated heterocycles. The van der Waals surface area contributed by atoms with Gasteiger partial charge in [0.25, 0.3) is 5.92 Å². The van der Waals surface area contributed by atoms with Crippen LogP contribution in [0.25, 0.3) is 0 Å². The zero-order valence-corrected chi connectivity index (χ0v) is 18.1. The van der Waals surface area contributed by atoms with Crippen molar-refractivity contribution in [2.24, 2.45) is 12.0 Å². The molecule has 0 amide bonds. The van der Waals surface area contributed by atoms with Gasteiger partial charge in [-0.3, -0.25) is 0 Å². The first kappa shape index (κ1) is 23.6. The lowest BCUT2D eigenvalue weighted by Crippen LogP contribution is -2.35. The van der Waals surface area contributed by atoms with Crippen molar-refractivity contribution in [1.82, 2.24) is 9.55 Å². The minimum Gasteiger partial charge on any atom is -0.481 e. The van der Waals surface area contributed by atoms with Crippen molar-refractivity contribution in [2.75, 3.05) is 7.11 Å². The Morgan fingerprint density at radius 1 is 1.26 bits per heavy atom. The number of rotatable bonds is 4. The molecule has 0 fully saturated rings. The second kappa shape index (κ2) is 8.13.